The second-order valence-corrected chi connectivity index (χ2v) is 5.14. The molecule has 3 rings (SSSR count). The summed E-state index contributed by atoms with van der Waals surface area (Å²) in [6.45, 7) is 1.36. The molecule has 6 nitrogen and oxygen atoms in total. The molecular weight excluding hydrogens is 244 g/mol. The molecule has 2 heterocycles. The van der Waals surface area contributed by atoms with Crippen LogP contribution in [0.25, 0.3) is 0 Å². The van der Waals surface area contributed by atoms with Gasteiger partial charge in [-0.05, 0) is 31.4 Å². The summed E-state index contributed by atoms with van der Waals surface area (Å²) in [5.74, 6) is 1.09. The van der Waals surface area contributed by atoms with Crippen LogP contribution in [0.3, 0.4) is 0 Å². The zero-order chi connectivity index (χ0) is 13.2. The Morgan fingerprint density at radius 1 is 1.37 bits per heavy atom. The van der Waals surface area contributed by atoms with Gasteiger partial charge < -0.3 is 9.64 Å². The summed E-state index contributed by atoms with van der Waals surface area (Å²) in [4.78, 5) is 13.7. The number of rotatable bonds is 3. The Bertz CT molecular complexity index is 458. The van der Waals surface area contributed by atoms with E-state index in [1.807, 2.05) is 12.1 Å². The van der Waals surface area contributed by atoms with Crippen LogP contribution in [0.2, 0.25) is 0 Å². The fourth-order valence-electron chi connectivity index (χ4n) is 2.30. The van der Waals surface area contributed by atoms with Crippen LogP contribution in [0.1, 0.15) is 30.9 Å². The summed E-state index contributed by atoms with van der Waals surface area (Å²) in [7, 11) is 1.67. The molecule has 0 spiro atoms. The monoisotopic (exact) mass is 262 g/mol. The Hall–Kier alpha value is -1.69. The molecule has 0 aromatic carbocycles. The van der Waals surface area contributed by atoms with Gasteiger partial charge in [-0.2, -0.15) is 5.10 Å². The number of methoxy groups -OCH3 is 1. The number of carbonyl (C=O) groups excluding carboxylic acids is 1. The van der Waals surface area contributed by atoms with Crippen LogP contribution in [0.15, 0.2) is 12.1 Å². The SMILES string of the molecule is CO[C@H]1CCN(C(=O)Nc2ccc(C3CC3)nn2)C1. The summed E-state index contributed by atoms with van der Waals surface area (Å²) >= 11 is 0. The van der Waals surface area contributed by atoms with E-state index in [1.165, 1.54) is 12.8 Å². The first-order valence-corrected chi connectivity index (χ1v) is 6.68. The van der Waals surface area contributed by atoms with Crippen molar-refractivity contribution >= 4 is 11.8 Å². The molecule has 0 radical (unpaired) electrons. The van der Waals surface area contributed by atoms with Gasteiger partial charge in [-0.15, -0.1) is 5.10 Å². The number of urea groups is 1. The van der Waals surface area contributed by atoms with Crippen molar-refractivity contribution in [2.75, 3.05) is 25.5 Å². The van der Waals surface area contributed by atoms with Gasteiger partial charge in [0.05, 0.1) is 11.8 Å². The Balaban J connectivity index is 1.56. The summed E-state index contributed by atoms with van der Waals surface area (Å²) in [6, 6.07) is 3.64. The van der Waals surface area contributed by atoms with E-state index < -0.39 is 0 Å². The van der Waals surface area contributed by atoms with Gasteiger partial charge >= 0.3 is 6.03 Å². The van der Waals surface area contributed by atoms with E-state index in [-0.39, 0.29) is 12.1 Å². The standard InChI is InChI=1S/C13H18N4O2/c1-19-10-6-7-17(8-10)13(18)14-12-5-4-11(15-16-12)9-2-3-9/h4-5,9-10H,2-3,6-8H2,1H3,(H,14,16,18)/t10-/m0/s1. The highest BCUT2D eigenvalue weighted by molar-refractivity contribution is 5.88. The minimum atomic E-state index is -0.131. The number of carbonyl (C=O) groups is 1. The lowest BCUT2D eigenvalue weighted by atomic mass is 10.3. The molecule has 19 heavy (non-hydrogen) atoms. The minimum Gasteiger partial charge on any atom is -0.380 e. The molecule has 1 aromatic rings. The molecular formula is C13H18N4O2. The van der Waals surface area contributed by atoms with Crippen molar-refractivity contribution in [3.8, 4) is 0 Å². The van der Waals surface area contributed by atoms with Gasteiger partial charge in [0.15, 0.2) is 5.82 Å². The quantitative estimate of drug-likeness (QED) is 0.898. The average Bonchev–Trinajstić information content (AvgIpc) is 3.17. The predicted octanol–water partition coefficient (Wildman–Crippen LogP) is 1.61. The maximum atomic E-state index is 12.0. The number of hydrogen-bond acceptors (Lipinski definition) is 4. The molecule has 2 fully saturated rings. The molecule has 2 amide bonds. The molecule has 1 aromatic heterocycles. The normalized spacial score (nSPS) is 22.6. The second-order valence-electron chi connectivity index (χ2n) is 5.14. The number of nitrogens with one attached hydrogen (secondary N) is 1. The Morgan fingerprint density at radius 2 is 2.21 bits per heavy atom. The van der Waals surface area contributed by atoms with Crippen molar-refractivity contribution in [1.29, 1.82) is 0 Å². The third kappa shape index (κ3) is 2.84. The van der Waals surface area contributed by atoms with Gasteiger partial charge in [-0.3, -0.25) is 5.32 Å². The first-order chi connectivity index (χ1) is 9.26. The van der Waals surface area contributed by atoms with Crippen molar-refractivity contribution in [1.82, 2.24) is 15.1 Å². The number of anilines is 1. The first kappa shape index (κ1) is 12.3. The van der Waals surface area contributed by atoms with E-state index in [4.69, 9.17) is 4.74 Å². The zero-order valence-electron chi connectivity index (χ0n) is 11.0. The van der Waals surface area contributed by atoms with Gasteiger partial charge in [0, 0.05) is 26.1 Å². The van der Waals surface area contributed by atoms with E-state index in [9.17, 15) is 4.79 Å². The van der Waals surface area contributed by atoms with Crippen LogP contribution in [-0.2, 0) is 4.74 Å². The summed E-state index contributed by atoms with van der Waals surface area (Å²) < 4.78 is 5.24. The first-order valence-electron chi connectivity index (χ1n) is 6.68. The molecule has 1 N–H and O–H groups in total. The number of nitrogens with zero attached hydrogens (tertiary/aromatic N) is 3. The van der Waals surface area contributed by atoms with Gasteiger partial charge in [0.1, 0.15) is 0 Å². The molecule has 102 valence electrons. The van der Waals surface area contributed by atoms with Gasteiger partial charge in [0.2, 0.25) is 0 Å². The highest BCUT2D eigenvalue weighted by atomic mass is 16.5. The molecule has 1 aliphatic heterocycles. The lowest BCUT2D eigenvalue weighted by Gasteiger charge is -2.16. The Labute approximate surface area is 112 Å². The van der Waals surface area contributed by atoms with Gasteiger partial charge in [-0.1, -0.05) is 0 Å². The molecule has 1 aliphatic carbocycles. The fourth-order valence-corrected chi connectivity index (χ4v) is 2.30. The topological polar surface area (TPSA) is 67.3 Å². The lowest BCUT2D eigenvalue weighted by Crippen LogP contribution is -2.34. The lowest BCUT2D eigenvalue weighted by molar-refractivity contribution is 0.111. The number of likely N-dealkylation sites (tertiary alicyclic amines) is 1. The van der Waals surface area contributed by atoms with Crippen molar-refractivity contribution in [3.63, 3.8) is 0 Å². The van der Waals surface area contributed by atoms with E-state index in [1.54, 1.807) is 12.0 Å². The Morgan fingerprint density at radius 3 is 2.79 bits per heavy atom. The molecule has 6 heteroatoms. The summed E-state index contributed by atoms with van der Waals surface area (Å²) in [6.07, 6.45) is 3.43. The van der Waals surface area contributed by atoms with Crippen LogP contribution in [-0.4, -0.2) is 47.4 Å². The molecule has 1 saturated heterocycles. The van der Waals surface area contributed by atoms with E-state index in [0.717, 1.165) is 18.7 Å². The largest absolute Gasteiger partial charge is 0.380 e. The molecule has 1 atom stereocenters. The van der Waals surface area contributed by atoms with E-state index in [0.29, 0.717) is 18.3 Å². The third-order valence-electron chi connectivity index (χ3n) is 3.68. The number of amides is 2. The highest BCUT2D eigenvalue weighted by Gasteiger charge is 2.27. The van der Waals surface area contributed by atoms with Gasteiger partial charge in [-0.25, -0.2) is 4.79 Å². The van der Waals surface area contributed by atoms with Crippen LogP contribution in [0.5, 0.6) is 0 Å². The molecule has 1 saturated carbocycles. The van der Waals surface area contributed by atoms with Crippen molar-refractivity contribution < 1.29 is 9.53 Å². The highest BCUT2D eigenvalue weighted by Crippen LogP contribution is 2.38. The van der Waals surface area contributed by atoms with Crippen molar-refractivity contribution in [2.24, 2.45) is 0 Å². The van der Waals surface area contributed by atoms with Gasteiger partial charge in [0.25, 0.3) is 0 Å². The van der Waals surface area contributed by atoms with Crippen LogP contribution >= 0.6 is 0 Å². The third-order valence-corrected chi connectivity index (χ3v) is 3.68. The molecule has 0 bridgehead atoms. The molecule has 2 aliphatic rings. The smallest absolute Gasteiger partial charge is 0.323 e. The van der Waals surface area contributed by atoms with Crippen LogP contribution < -0.4 is 5.32 Å². The summed E-state index contributed by atoms with van der Waals surface area (Å²) in [5.41, 5.74) is 1.03. The van der Waals surface area contributed by atoms with Crippen molar-refractivity contribution in [2.45, 2.75) is 31.3 Å². The van der Waals surface area contributed by atoms with E-state index >= 15 is 0 Å². The second kappa shape index (κ2) is 5.13. The van der Waals surface area contributed by atoms with Crippen LogP contribution in [0, 0.1) is 0 Å². The Kier molecular flexibility index (Phi) is 3.33. The van der Waals surface area contributed by atoms with E-state index in [2.05, 4.69) is 15.5 Å². The average molecular weight is 262 g/mol. The number of hydrogen-bond donors (Lipinski definition) is 1. The number of aromatic nitrogens is 2. The summed E-state index contributed by atoms with van der Waals surface area (Å²) in [5, 5.41) is 11.0. The molecule has 0 unspecified atom stereocenters. The fraction of sp³-hybridized carbons (Fsp3) is 0.615. The van der Waals surface area contributed by atoms with Crippen LogP contribution in [0.4, 0.5) is 10.6 Å². The maximum Gasteiger partial charge on any atom is 0.323 e. The number of ether oxygens (including phenoxy) is 1. The maximum absolute atomic E-state index is 12.0. The minimum absolute atomic E-state index is 0.131. The predicted molar refractivity (Wildman–Crippen MR) is 70.0 cm³/mol. The zero-order valence-corrected chi connectivity index (χ0v) is 11.0. The van der Waals surface area contributed by atoms with Crippen molar-refractivity contribution in [3.05, 3.63) is 17.8 Å².